The number of rotatable bonds is 5. The van der Waals surface area contributed by atoms with E-state index >= 15 is 0 Å². The van der Waals surface area contributed by atoms with Gasteiger partial charge in [-0.2, -0.15) is 10.1 Å². The number of halogens is 1. The molecule has 0 radical (unpaired) electrons. The quantitative estimate of drug-likeness (QED) is 0.367. The first-order chi connectivity index (χ1) is 14.9. The van der Waals surface area contributed by atoms with Crippen molar-refractivity contribution >= 4 is 34.9 Å². The van der Waals surface area contributed by atoms with Gasteiger partial charge in [0.1, 0.15) is 5.75 Å². The molecule has 2 aromatic heterocycles. The largest absolute Gasteiger partial charge is 0.508 e. The first-order valence-corrected chi connectivity index (χ1v) is 9.72. The fourth-order valence-electron chi connectivity index (χ4n) is 3.21. The molecule has 0 aliphatic carbocycles. The van der Waals surface area contributed by atoms with Crippen LogP contribution in [0.4, 0.5) is 5.95 Å². The van der Waals surface area contributed by atoms with Gasteiger partial charge in [-0.1, -0.05) is 29.8 Å². The van der Waals surface area contributed by atoms with E-state index in [-0.39, 0.29) is 29.4 Å². The van der Waals surface area contributed by atoms with Gasteiger partial charge in [0.05, 0.1) is 12.8 Å². The zero-order chi connectivity index (χ0) is 22.1. The number of imidazole rings is 1. The molecule has 2 heterocycles. The molecular formula is C21H19ClN6O3. The second kappa shape index (κ2) is 8.11. The normalized spacial score (nSPS) is 11.5. The molecular weight excluding hydrogens is 420 g/mol. The van der Waals surface area contributed by atoms with Gasteiger partial charge in [0.2, 0.25) is 5.95 Å². The topological polar surface area (TPSA) is 106 Å². The van der Waals surface area contributed by atoms with Gasteiger partial charge in [-0.25, -0.2) is 10.2 Å². The Labute approximate surface area is 181 Å². The Bertz CT molecular complexity index is 1420. The molecule has 0 saturated heterocycles. The number of phenolic OH excluding ortho intramolecular Hbond substituents is 1. The molecule has 9 nitrogen and oxygen atoms in total. The number of aromatic nitrogens is 4. The summed E-state index contributed by atoms with van der Waals surface area (Å²) in [5, 5.41) is 14.1. The molecule has 4 aromatic rings. The van der Waals surface area contributed by atoms with Gasteiger partial charge in [0.15, 0.2) is 11.2 Å². The minimum atomic E-state index is -0.473. The molecule has 2 N–H and O–H groups in total. The average Bonchev–Trinajstić information content (AvgIpc) is 3.12. The lowest BCUT2D eigenvalue weighted by molar-refractivity contribution is 0.475. The van der Waals surface area contributed by atoms with Gasteiger partial charge in [-0.05, 0) is 41.5 Å². The highest BCUT2D eigenvalue weighted by atomic mass is 35.5. The van der Waals surface area contributed by atoms with Crippen LogP contribution in [-0.2, 0) is 20.6 Å². The van der Waals surface area contributed by atoms with Gasteiger partial charge in [0.25, 0.3) is 5.56 Å². The van der Waals surface area contributed by atoms with Crippen molar-refractivity contribution in [2.45, 2.75) is 6.54 Å². The fourth-order valence-corrected chi connectivity index (χ4v) is 3.40. The number of aromatic hydroxyl groups is 1. The van der Waals surface area contributed by atoms with E-state index in [4.69, 9.17) is 11.6 Å². The van der Waals surface area contributed by atoms with Crippen LogP contribution in [0, 0.1) is 0 Å². The lowest BCUT2D eigenvalue weighted by atomic mass is 10.2. The van der Waals surface area contributed by atoms with Crippen molar-refractivity contribution in [3.05, 3.63) is 85.5 Å². The highest BCUT2D eigenvalue weighted by Gasteiger charge is 2.19. The number of hydrogen-bond donors (Lipinski definition) is 2. The molecule has 0 amide bonds. The summed E-state index contributed by atoms with van der Waals surface area (Å²) in [6.07, 6.45) is 1.55. The SMILES string of the molecule is Cn1c(=O)c2c(nc(N/N=C\c3ccc(O)cc3)n2Cc2ccccc2Cl)n(C)c1=O. The first kappa shape index (κ1) is 20.4. The number of nitrogens with zero attached hydrogens (tertiary/aromatic N) is 5. The second-order valence-corrected chi connectivity index (χ2v) is 7.36. The van der Waals surface area contributed by atoms with Crippen molar-refractivity contribution in [1.29, 1.82) is 0 Å². The number of phenols is 1. The Balaban J connectivity index is 1.83. The molecule has 0 spiro atoms. The van der Waals surface area contributed by atoms with E-state index in [1.165, 1.54) is 11.6 Å². The first-order valence-electron chi connectivity index (χ1n) is 9.34. The monoisotopic (exact) mass is 438 g/mol. The lowest BCUT2D eigenvalue weighted by Crippen LogP contribution is -2.37. The molecule has 0 aliphatic heterocycles. The van der Waals surface area contributed by atoms with Gasteiger partial charge in [-0.3, -0.25) is 18.5 Å². The van der Waals surface area contributed by atoms with Crippen molar-refractivity contribution in [1.82, 2.24) is 18.7 Å². The molecule has 0 atom stereocenters. The number of nitrogens with one attached hydrogen (secondary N) is 1. The van der Waals surface area contributed by atoms with E-state index in [0.29, 0.717) is 5.02 Å². The van der Waals surface area contributed by atoms with Crippen LogP contribution in [0.5, 0.6) is 5.75 Å². The second-order valence-electron chi connectivity index (χ2n) is 6.95. The summed E-state index contributed by atoms with van der Waals surface area (Å²) in [4.78, 5) is 29.7. The smallest absolute Gasteiger partial charge is 0.332 e. The predicted molar refractivity (Wildman–Crippen MR) is 120 cm³/mol. The van der Waals surface area contributed by atoms with Crippen LogP contribution in [0.2, 0.25) is 5.02 Å². The van der Waals surface area contributed by atoms with Gasteiger partial charge < -0.3 is 5.11 Å². The Morgan fingerprint density at radius 3 is 2.52 bits per heavy atom. The Kier molecular flexibility index (Phi) is 5.35. The Hall–Kier alpha value is -3.85. The number of hydrazone groups is 1. The minimum absolute atomic E-state index is 0.156. The summed E-state index contributed by atoms with van der Waals surface area (Å²) in [6.45, 7) is 0.251. The fraction of sp³-hybridized carbons (Fsp3) is 0.143. The third-order valence-electron chi connectivity index (χ3n) is 4.91. The summed E-state index contributed by atoms with van der Waals surface area (Å²) in [5.41, 5.74) is 3.94. The van der Waals surface area contributed by atoms with Crippen molar-refractivity contribution in [2.24, 2.45) is 19.2 Å². The zero-order valence-corrected chi connectivity index (χ0v) is 17.5. The number of hydrogen-bond acceptors (Lipinski definition) is 6. The summed E-state index contributed by atoms with van der Waals surface area (Å²) >= 11 is 6.33. The van der Waals surface area contributed by atoms with Gasteiger partial charge in [-0.15, -0.1) is 0 Å². The van der Waals surface area contributed by atoms with Crippen molar-refractivity contribution in [2.75, 3.05) is 5.43 Å². The van der Waals surface area contributed by atoms with Crippen LogP contribution in [0.3, 0.4) is 0 Å². The summed E-state index contributed by atoms with van der Waals surface area (Å²) in [7, 11) is 2.98. The summed E-state index contributed by atoms with van der Waals surface area (Å²) in [6, 6.07) is 13.8. The minimum Gasteiger partial charge on any atom is -0.508 e. The standard InChI is InChI=1S/C21H19ClN6O3/c1-26-18-17(19(30)27(2)21(26)31)28(12-14-5-3-4-6-16(14)22)20(24-18)25-23-11-13-7-9-15(29)10-8-13/h3-11,29H,12H2,1-2H3,(H,24,25)/b23-11-. The average molecular weight is 439 g/mol. The molecule has 10 heteroatoms. The van der Waals surface area contributed by atoms with E-state index in [1.54, 1.807) is 48.2 Å². The van der Waals surface area contributed by atoms with Crippen LogP contribution in [0.25, 0.3) is 11.2 Å². The van der Waals surface area contributed by atoms with Crippen molar-refractivity contribution in [3.8, 4) is 5.75 Å². The van der Waals surface area contributed by atoms with Crippen molar-refractivity contribution < 1.29 is 5.11 Å². The number of anilines is 1. The Morgan fingerprint density at radius 2 is 1.81 bits per heavy atom. The number of benzene rings is 2. The zero-order valence-electron chi connectivity index (χ0n) is 16.8. The molecule has 0 aliphatic rings. The summed E-state index contributed by atoms with van der Waals surface area (Å²) < 4.78 is 4.00. The number of fused-ring (bicyclic) bond motifs is 1. The van der Waals surface area contributed by atoms with E-state index in [1.807, 2.05) is 18.2 Å². The predicted octanol–water partition coefficient (Wildman–Crippen LogP) is 2.29. The maximum Gasteiger partial charge on any atom is 0.332 e. The molecule has 0 unspecified atom stereocenters. The van der Waals surface area contributed by atoms with E-state index in [9.17, 15) is 14.7 Å². The van der Waals surface area contributed by atoms with Gasteiger partial charge >= 0.3 is 5.69 Å². The maximum atomic E-state index is 12.9. The third-order valence-corrected chi connectivity index (χ3v) is 5.27. The van der Waals surface area contributed by atoms with E-state index < -0.39 is 11.2 Å². The van der Waals surface area contributed by atoms with Gasteiger partial charge in [0, 0.05) is 19.1 Å². The van der Waals surface area contributed by atoms with Crippen LogP contribution in [0.15, 0.2) is 63.2 Å². The Morgan fingerprint density at radius 1 is 1.10 bits per heavy atom. The van der Waals surface area contributed by atoms with E-state index in [2.05, 4.69) is 15.5 Å². The van der Waals surface area contributed by atoms with Crippen molar-refractivity contribution in [3.63, 3.8) is 0 Å². The highest BCUT2D eigenvalue weighted by Crippen LogP contribution is 2.22. The molecule has 4 rings (SSSR count). The summed E-state index contributed by atoms with van der Waals surface area (Å²) in [5.74, 6) is 0.437. The molecule has 2 aromatic carbocycles. The third kappa shape index (κ3) is 3.82. The molecule has 0 fully saturated rings. The van der Waals surface area contributed by atoms with Crippen LogP contribution < -0.4 is 16.7 Å². The maximum absolute atomic E-state index is 12.9. The number of aryl methyl sites for hydroxylation is 1. The molecule has 158 valence electrons. The van der Waals surface area contributed by atoms with E-state index in [0.717, 1.165) is 15.7 Å². The van der Waals surface area contributed by atoms with Crippen LogP contribution >= 0.6 is 11.6 Å². The van der Waals surface area contributed by atoms with Crippen LogP contribution in [0.1, 0.15) is 11.1 Å². The van der Waals surface area contributed by atoms with Crippen LogP contribution in [-0.4, -0.2) is 30.0 Å². The molecule has 0 saturated carbocycles. The molecule has 0 bridgehead atoms. The molecule has 31 heavy (non-hydrogen) atoms. The highest BCUT2D eigenvalue weighted by molar-refractivity contribution is 6.31. The lowest BCUT2D eigenvalue weighted by Gasteiger charge is -2.10.